The number of hydrogen-bond acceptors (Lipinski definition) is 5. The Kier molecular flexibility index (Phi) is 21.2. The quantitative estimate of drug-likeness (QED) is 0.0531. The minimum absolute atomic E-state index is 0.661. The van der Waals surface area contributed by atoms with Crippen LogP contribution in [0.25, 0.3) is 30.5 Å². The number of nitrogens with zero attached hydrogens (tertiary/aromatic N) is 2. The first-order chi connectivity index (χ1) is 25.9. The highest BCUT2D eigenvalue weighted by molar-refractivity contribution is 9.11. The lowest BCUT2D eigenvalue weighted by Gasteiger charge is -2.19. The summed E-state index contributed by atoms with van der Waals surface area (Å²) >= 11 is 13.7. The van der Waals surface area contributed by atoms with Gasteiger partial charge >= 0.3 is 0 Å². The second-order valence-corrected chi connectivity index (χ2v) is 21.5. The number of rotatable bonds is 28. The first kappa shape index (κ1) is 45.1. The Morgan fingerprint density at radius 1 is 0.472 bits per heavy atom. The molecule has 0 fully saturated rings. The number of thiophene rings is 3. The fraction of sp³-hybridized carbons (Fsp3) is 0.696. The zero-order valence-electron chi connectivity index (χ0n) is 34.2. The number of aryl methyl sites for hydroxylation is 2. The van der Waals surface area contributed by atoms with E-state index in [-0.39, 0.29) is 0 Å². The lowest BCUT2D eigenvalue weighted by Crippen LogP contribution is -2.13. The van der Waals surface area contributed by atoms with Crippen LogP contribution in [-0.2, 0) is 25.7 Å². The molecule has 2 unspecified atom stereocenters. The SMILES string of the molecule is CCCCCCCCc1cc(Br)sc1-c1sc(-c2sc(Br)cc2CCCCCCCC)c2nc(CC(CC)CCCC)c(CC(CC)CCCC)nc12. The molecule has 296 valence electrons. The normalized spacial score (nSPS) is 13.1. The van der Waals surface area contributed by atoms with E-state index in [9.17, 15) is 0 Å². The number of hydrogen-bond donors (Lipinski definition) is 0. The molecule has 4 aromatic rings. The second kappa shape index (κ2) is 24.9. The average molecular weight is 907 g/mol. The fourth-order valence-corrected chi connectivity index (χ4v) is 12.7. The number of halogens is 2. The molecule has 0 spiro atoms. The van der Waals surface area contributed by atoms with Crippen molar-refractivity contribution in [1.82, 2.24) is 9.97 Å². The fourth-order valence-electron chi connectivity index (χ4n) is 7.83. The standard InChI is InChI=1S/C46H70Br2N2S3/c1-7-13-17-19-21-23-27-35-31-39(47)51-43(35)45-41-42(46(53-45)44-36(32-40(48)52-44)28-24-22-20-18-14-8-2)50-38(30-34(12-6)26-16-10-4)37(49-41)29-33(11-5)25-15-9-3/h31-34H,7-30H2,1-6H3. The van der Waals surface area contributed by atoms with Gasteiger partial charge in [-0.25, -0.2) is 9.97 Å². The topological polar surface area (TPSA) is 25.8 Å². The van der Waals surface area contributed by atoms with Gasteiger partial charge in [-0.2, -0.15) is 0 Å². The van der Waals surface area contributed by atoms with Crippen molar-refractivity contribution >= 4 is 76.9 Å². The summed E-state index contributed by atoms with van der Waals surface area (Å²) in [6, 6.07) is 4.81. The summed E-state index contributed by atoms with van der Waals surface area (Å²) in [5.74, 6) is 1.32. The molecule has 7 heteroatoms. The van der Waals surface area contributed by atoms with Crippen LogP contribution in [0.3, 0.4) is 0 Å². The van der Waals surface area contributed by atoms with E-state index < -0.39 is 0 Å². The predicted octanol–water partition coefficient (Wildman–Crippen LogP) is 18.0. The molecule has 0 aliphatic rings. The Balaban J connectivity index is 1.85. The summed E-state index contributed by atoms with van der Waals surface area (Å²) in [7, 11) is 0. The molecule has 0 N–H and O–H groups in total. The van der Waals surface area contributed by atoms with Crippen molar-refractivity contribution in [2.75, 3.05) is 0 Å². The molecule has 4 heterocycles. The van der Waals surface area contributed by atoms with Crippen LogP contribution in [0.4, 0.5) is 0 Å². The molecular weight excluding hydrogens is 837 g/mol. The van der Waals surface area contributed by atoms with Gasteiger partial charge in [0.05, 0.1) is 38.5 Å². The molecule has 0 bridgehead atoms. The third-order valence-corrected chi connectivity index (χ3v) is 16.2. The molecule has 2 atom stereocenters. The molecule has 0 aliphatic heterocycles. The maximum Gasteiger partial charge on any atom is 0.109 e. The monoisotopic (exact) mass is 904 g/mol. The van der Waals surface area contributed by atoms with Crippen LogP contribution in [0.1, 0.15) is 192 Å². The van der Waals surface area contributed by atoms with Gasteiger partial charge in [0.25, 0.3) is 0 Å². The number of aromatic nitrogens is 2. The molecule has 0 saturated carbocycles. The van der Waals surface area contributed by atoms with E-state index in [0.29, 0.717) is 11.8 Å². The van der Waals surface area contributed by atoms with Crippen LogP contribution in [0, 0.1) is 11.8 Å². The van der Waals surface area contributed by atoms with Gasteiger partial charge in [0.15, 0.2) is 0 Å². The Morgan fingerprint density at radius 3 is 1.23 bits per heavy atom. The summed E-state index contributed by atoms with van der Waals surface area (Å²) < 4.78 is 2.47. The largest absolute Gasteiger partial charge is 0.248 e. The molecule has 53 heavy (non-hydrogen) atoms. The minimum Gasteiger partial charge on any atom is -0.248 e. The van der Waals surface area contributed by atoms with Crippen LogP contribution in [0.15, 0.2) is 19.7 Å². The van der Waals surface area contributed by atoms with Gasteiger partial charge in [0.2, 0.25) is 0 Å². The van der Waals surface area contributed by atoms with Crippen molar-refractivity contribution in [2.45, 2.75) is 196 Å². The Labute approximate surface area is 353 Å². The van der Waals surface area contributed by atoms with Crippen LogP contribution < -0.4 is 0 Å². The number of unbranched alkanes of at least 4 members (excludes halogenated alkanes) is 12. The predicted molar refractivity (Wildman–Crippen MR) is 248 cm³/mol. The van der Waals surface area contributed by atoms with Gasteiger partial charge in [0.1, 0.15) is 11.0 Å². The first-order valence-electron chi connectivity index (χ1n) is 21.8. The highest BCUT2D eigenvalue weighted by Gasteiger charge is 2.27. The van der Waals surface area contributed by atoms with E-state index in [1.54, 1.807) is 0 Å². The summed E-state index contributed by atoms with van der Waals surface area (Å²) in [5, 5.41) is 0. The maximum atomic E-state index is 5.81. The molecular formula is C46H70Br2N2S3. The Bertz CT molecular complexity index is 1500. The molecule has 4 aromatic heterocycles. The van der Waals surface area contributed by atoms with Crippen LogP contribution >= 0.6 is 65.9 Å². The van der Waals surface area contributed by atoms with Crippen molar-refractivity contribution < 1.29 is 0 Å². The van der Waals surface area contributed by atoms with E-state index in [1.807, 2.05) is 34.0 Å². The Hall–Kier alpha value is -0.600. The smallest absolute Gasteiger partial charge is 0.109 e. The van der Waals surface area contributed by atoms with Crippen molar-refractivity contribution in [3.8, 4) is 19.5 Å². The van der Waals surface area contributed by atoms with Gasteiger partial charge in [0, 0.05) is 0 Å². The van der Waals surface area contributed by atoms with Crippen LogP contribution in [0.5, 0.6) is 0 Å². The van der Waals surface area contributed by atoms with Crippen molar-refractivity contribution in [3.05, 3.63) is 42.2 Å². The summed E-state index contributed by atoms with van der Waals surface area (Å²) in [6.45, 7) is 14.0. The number of fused-ring (bicyclic) bond motifs is 1. The molecule has 0 amide bonds. The Morgan fingerprint density at radius 2 is 0.849 bits per heavy atom. The lowest BCUT2D eigenvalue weighted by molar-refractivity contribution is 0.427. The highest BCUT2D eigenvalue weighted by atomic mass is 79.9. The van der Waals surface area contributed by atoms with Gasteiger partial charge in [-0.15, -0.1) is 34.0 Å². The average Bonchev–Trinajstić information content (AvgIpc) is 3.84. The van der Waals surface area contributed by atoms with E-state index in [2.05, 4.69) is 85.5 Å². The van der Waals surface area contributed by atoms with E-state index in [4.69, 9.17) is 9.97 Å². The molecule has 0 aliphatic carbocycles. The maximum absolute atomic E-state index is 5.81. The molecule has 0 saturated heterocycles. The van der Waals surface area contributed by atoms with Gasteiger partial charge in [-0.05, 0) is 105 Å². The highest BCUT2D eigenvalue weighted by Crippen LogP contribution is 2.50. The van der Waals surface area contributed by atoms with Crippen molar-refractivity contribution in [2.24, 2.45) is 11.8 Å². The van der Waals surface area contributed by atoms with E-state index in [0.717, 1.165) is 36.7 Å². The van der Waals surface area contributed by atoms with E-state index in [1.165, 1.54) is 178 Å². The molecule has 4 rings (SSSR count). The van der Waals surface area contributed by atoms with Crippen LogP contribution in [-0.4, -0.2) is 9.97 Å². The van der Waals surface area contributed by atoms with Crippen LogP contribution in [0.2, 0.25) is 0 Å². The minimum atomic E-state index is 0.661. The van der Waals surface area contributed by atoms with Gasteiger partial charge < -0.3 is 0 Å². The van der Waals surface area contributed by atoms with Gasteiger partial charge in [-0.3, -0.25) is 0 Å². The van der Waals surface area contributed by atoms with Crippen molar-refractivity contribution in [1.29, 1.82) is 0 Å². The zero-order valence-corrected chi connectivity index (χ0v) is 39.8. The lowest BCUT2D eigenvalue weighted by atomic mass is 9.89. The summed E-state index contributed by atoms with van der Waals surface area (Å²) in [5.41, 5.74) is 7.86. The third kappa shape index (κ3) is 13.8. The summed E-state index contributed by atoms with van der Waals surface area (Å²) in [4.78, 5) is 17.2. The summed E-state index contributed by atoms with van der Waals surface area (Å²) in [6.07, 6.45) is 30.3. The second-order valence-electron chi connectivity index (χ2n) is 15.7. The van der Waals surface area contributed by atoms with Gasteiger partial charge in [-0.1, -0.05) is 157 Å². The molecule has 0 aromatic carbocycles. The molecule has 0 radical (unpaired) electrons. The third-order valence-electron chi connectivity index (χ3n) is 11.3. The zero-order chi connectivity index (χ0) is 38.0. The van der Waals surface area contributed by atoms with Crippen molar-refractivity contribution in [3.63, 3.8) is 0 Å². The molecule has 2 nitrogen and oxygen atoms in total. The van der Waals surface area contributed by atoms with E-state index >= 15 is 0 Å². The first-order valence-corrected chi connectivity index (χ1v) is 25.8.